The van der Waals surface area contributed by atoms with Gasteiger partial charge in [0.25, 0.3) is 0 Å². The van der Waals surface area contributed by atoms with E-state index in [2.05, 4.69) is 29.3 Å². The number of carbonyl (C=O) groups is 1. The molecule has 3 rings (SSSR count). The van der Waals surface area contributed by atoms with Crippen molar-refractivity contribution in [2.75, 3.05) is 29.9 Å². The second kappa shape index (κ2) is 8.56. The number of benzene rings is 2. The first-order chi connectivity index (χ1) is 12.2. The molecule has 1 heterocycles. The first-order valence-corrected chi connectivity index (χ1v) is 9.03. The normalized spacial score (nSPS) is 17.2. The molecular formula is C21H26N2O2. The minimum atomic E-state index is -0.0322. The van der Waals surface area contributed by atoms with Crippen LogP contribution in [0.15, 0.2) is 54.6 Å². The van der Waals surface area contributed by atoms with Crippen LogP contribution in [0, 0.1) is 5.92 Å². The summed E-state index contributed by atoms with van der Waals surface area (Å²) in [5.41, 5.74) is 2.07. The minimum absolute atomic E-state index is 0.0322. The van der Waals surface area contributed by atoms with Crippen LogP contribution in [0.5, 0.6) is 5.75 Å². The Bertz CT molecular complexity index is 670. The second-order valence-electron chi connectivity index (χ2n) is 6.70. The van der Waals surface area contributed by atoms with Crippen molar-refractivity contribution in [1.82, 2.24) is 0 Å². The van der Waals surface area contributed by atoms with E-state index in [1.165, 1.54) is 18.5 Å². The molecule has 0 saturated carbocycles. The fraction of sp³-hybridized carbons (Fsp3) is 0.381. The molecule has 1 aliphatic heterocycles. The molecule has 2 aromatic rings. The van der Waals surface area contributed by atoms with Gasteiger partial charge in [0, 0.05) is 24.5 Å². The average molecular weight is 338 g/mol. The van der Waals surface area contributed by atoms with Gasteiger partial charge in [-0.05, 0) is 55.2 Å². The quantitative estimate of drug-likeness (QED) is 0.852. The van der Waals surface area contributed by atoms with E-state index in [-0.39, 0.29) is 5.91 Å². The molecule has 4 heteroatoms. The Hall–Kier alpha value is -2.49. The predicted molar refractivity (Wildman–Crippen MR) is 102 cm³/mol. The van der Waals surface area contributed by atoms with E-state index in [9.17, 15) is 4.79 Å². The number of ether oxygens (including phenoxy) is 1. The van der Waals surface area contributed by atoms with Gasteiger partial charge in [0.05, 0.1) is 13.0 Å². The Morgan fingerprint density at radius 1 is 1.16 bits per heavy atom. The number of hydrogen-bond donors (Lipinski definition) is 1. The lowest BCUT2D eigenvalue weighted by atomic mass is 10.00. The number of rotatable bonds is 6. The Balaban J connectivity index is 1.45. The van der Waals surface area contributed by atoms with Crippen LogP contribution in [0.1, 0.15) is 26.2 Å². The van der Waals surface area contributed by atoms with Gasteiger partial charge in [-0.15, -0.1) is 0 Å². The molecule has 4 nitrogen and oxygen atoms in total. The molecule has 25 heavy (non-hydrogen) atoms. The van der Waals surface area contributed by atoms with E-state index in [0.29, 0.717) is 13.0 Å². The predicted octanol–water partition coefficient (Wildman–Crippen LogP) is 4.33. The third-order valence-electron chi connectivity index (χ3n) is 4.51. The zero-order valence-electron chi connectivity index (χ0n) is 14.8. The van der Waals surface area contributed by atoms with Crippen molar-refractivity contribution in [2.24, 2.45) is 5.92 Å². The highest BCUT2D eigenvalue weighted by Gasteiger charge is 2.16. The molecule has 1 saturated heterocycles. The third kappa shape index (κ3) is 5.24. The Morgan fingerprint density at radius 2 is 1.92 bits per heavy atom. The molecule has 0 radical (unpaired) electrons. The lowest BCUT2D eigenvalue weighted by Crippen LogP contribution is -2.34. The lowest BCUT2D eigenvalue weighted by molar-refractivity contribution is -0.116. The molecule has 0 aromatic heterocycles. The summed E-state index contributed by atoms with van der Waals surface area (Å²) in [5.74, 6) is 1.50. The summed E-state index contributed by atoms with van der Waals surface area (Å²) in [6, 6.07) is 17.7. The number of nitrogens with zero attached hydrogens (tertiary/aromatic N) is 1. The minimum Gasteiger partial charge on any atom is -0.493 e. The summed E-state index contributed by atoms with van der Waals surface area (Å²) in [6.45, 7) is 4.91. The van der Waals surface area contributed by atoms with Crippen LogP contribution in [-0.4, -0.2) is 25.6 Å². The molecule has 0 bridgehead atoms. The van der Waals surface area contributed by atoms with E-state index in [1.807, 2.05) is 42.5 Å². The number of piperidine rings is 1. The van der Waals surface area contributed by atoms with E-state index in [0.717, 1.165) is 30.4 Å². The number of hydrogen-bond acceptors (Lipinski definition) is 3. The van der Waals surface area contributed by atoms with Crippen LogP contribution in [-0.2, 0) is 4.79 Å². The van der Waals surface area contributed by atoms with Crippen LogP contribution in [0.3, 0.4) is 0 Å². The van der Waals surface area contributed by atoms with Crippen molar-refractivity contribution in [3.8, 4) is 5.75 Å². The zero-order chi connectivity index (χ0) is 17.5. The molecule has 2 aromatic carbocycles. The third-order valence-corrected chi connectivity index (χ3v) is 4.51. The van der Waals surface area contributed by atoms with Crippen LogP contribution in [0.25, 0.3) is 0 Å². The molecule has 1 unspecified atom stereocenters. The number of amides is 1. The van der Waals surface area contributed by atoms with E-state index in [4.69, 9.17) is 4.74 Å². The maximum absolute atomic E-state index is 12.0. The fourth-order valence-electron chi connectivity index (χ4n) is 3.18. The summed E-state index contributed by atoms with van der Waals surface area (Å²) < 4.78 is 5.56. The Kier molecular flexibility index (Phi) is 5.94. The summed E-state index contributed by atoms with van der Waals surface area (Å²) in [6.07, 6.45) is 2.90. The maximum atomic E-state index is 12.0. The molecule has 1 fully saturated rings. The number of nitrogens with one attached hydrogen (secondary N) is 1. The zero-order valence-corrected chi connectivity index (χ0v) is 14.8. The highest BCUT2D eigenvalue weighted by atomic mass is 16.5. The van der Waals surface area contributed by atoms with Crippen molar-refractivity contribution in [3.05, 3.63) is 54.6 Å². The molecule has 1 aliphatic rings. The van der Waals surface area contributed by atoms with Crippen LogP contribution >= 0.6 is 0 Å². The van der Waals surface area contributed by atoms with Gasteiger partial charge in [-0.2, -0.15) is 0 Å². The van der Waals surface area contributed by atoms with E-state index in [1.54, 1.807) is 0 Å². The van der Waals surface area contributed by atoms with Crippen molar-refractivity contribution in [2.45, 2.75) is 26.2 Å². The van der Waals surface area contributed by atoms with Gasteiger partial charge in [-0.3, -0.25) is 4.79 Å². The van der Waals surface area contributed by atoms with Crippen LogP contribution in [0.2, 0.25) is 0 Å². The molecule has 0 aliphatic carbocycles. The Labute approximate surface area is 149 Å². The molecule has 1 amide bonds. The van der Waals surface area contributed by atoms with Gasteiger partial charge in [0.1, 0.15) is 5.75 Å². The summed E-state index contributed by atoms with van der Waals surface area (Å²) in [5, 5.41) is 2.93. The molecule has 132 valence electrons. The van der Waals surface area contributed by atoms with Gasteiger partial charge < -0.3 is 15.0 Å². The SMILES string of the molecule is CC1CCCN(c2ccc(NC(=O)CCOc3ccccc3)cc2)C1. The smallest absolute Gasteiger partial charge is 0.227 e. The first kappa shape index (κ1) is 17.3. The largest absolute Gasteiger partial charge is 0.493 e. The average Bonchev–Trinajstić information content (AvgIpc) is 2.63. The number of anilines is 2. The summed E-state index contributed by atoms with van der Waals surface area (Å²) in [4.78, 5) is 14.5. The maximum Gasteiger partial charge on any atom is 0.227 e. The number of para-hydroxylation sites is 1. The standard InChI is InChI=1S/C21H26N2O2/c1-17-6-5-14-23(16-17)19-11-9-18(10-12-19)22-21(24)13-15-25-20-7-3-2-4-8-20/h2-4,7-12,17H,5-6,13-16H2,1H3,(H,22,24). The van der Waals surface area contributed by atoms with E-state index < -0.39 is 0 Å². The number of carbonyl (C=O) groups excluding carboxylic acids is 1. The van der Waals surface area contributed by atoms with Crippen LogP contribution < -0.4 is 15.0 Å². The summed E-state index contributed by atoms with van der Waals surface area (Å²) >= 11 is 0. The van der Waals surface area contributed by atoms with E-state index >= 15 is 0 Å². The summed E-state index contributed by atoms with van der Waals surface area (Å²) in [7, 11) is 0. The fourth-order valence-corrected chi connectivity index (χ4v) is 3.18. The van der Waals surface area contributed by atoms with Crippen molar-refractivity contribution in [1.29, 1.82) is 0 Å². The molecular weight excluding hydrogens is 312 g/mol. The topological polar surface area (TPSA) is 41.6 Å². The van der Waals surface area contributed by atoms with Gasteiger partial charge in [0.15, 0.2) is 0 Å². The Morgan fingerprint density at radius 3 is 2.64 bits per heavy atom. The van der Waals surface area contributed by atoms with Crippen molar-refractivity contribution < 1.29 is 9.53 Å². The van der Waals surface area contributed by atoms with Gasteiger partial charge in [-0.1, -0.05) is 25.1 Å². The highest BCUT2D eigenvalue weighted by Crippen LogP contribution is 2.24. The van der Waals surface area contributed by atoms with Gasteiger partial charge >= 0.3 is 0 Å². The monoisotopic (exact) mass is 338 g/mol. The lowest BCUT2D eigenvalue weighted by Gasteiger charge is -2.32. The highest BCUT2D eigenvalue weighted by molar-refractivity contribution is 5.90. The first-order valence-electron chi connectivity index (χ1n) is 9.03. The second-order valence-corrected chi connectivity index (χ2v) is 6.70. The van der Waals surface area contributed by atoms with Gasteiger partial charge in [-0.25, -0.2) is 0 Å². The van der Waals surface area contributed by atoms with Crippen molar-refractivity contribution in [3.63, 3.8) is 0 Å². The van der Waals surface area contributed by atoms with Gasteiger partial charge in [0.2, 0.25) is 5.91 Å². The van der Waals surface area contributed by atoms with Crippen molar-refractivity contribution >= 4 is 17.3 Å². The molecule has 1 N–H and O–H groups in total. The van der Waals surface area contributed by atoms with Crippen LogP contribution in [0.4, 0.5) is 11.4 Å². The molecule has 1 atom stereocenters. The molecule has 0 spiro atoms.